The minimum atomic E-state index is -0.219. The maximum atomic E-state index is 11.8. The summed E-state index contributed by atoms with van der Waals surface area (Å²) in [6.07, 6.45) is 4.78. The third-order valence-corrected chi connectivity index (χ3v) is 6.25. The van der Waals surface area contributed by atoms with Crippen LogP contribution in [0.4, 0.5) is 0 Å². The molecule has 0 N–H and O–H groups in total. The fourth-order valence-corrected chi connectivity index (χ4v) is 4.44. The maximum absolute atomic E-state index is 11.8. The van der Waals surface area contributed by atoms with Crippen LogP contribution in [0.5, 0.6) is 11.6 Å². The van der Waals surface area contributed by atoms with E-state index in [1.165, 1.54) is 0 Å². The van der Waals surface area contributed by atoms with Crippen LogP contribution >= 0.6 is 0 Å². The highest BCUT2D eigenvalue weighted by atomic mass is 16.5. The van der Waals surface area contributed by atoms with E-state index in [9.17, 15) is 4.79 Å². The van der Waals surface area contributed by atoms with E-state index in [-0.39, 0.29) is 5.97 Å². The number of carbonyl (C=O) groups excluding carboxylic acids is 1. The molecule has 0 atom stereocenters. The number of pyridine rings is 1. The van der Waals surface area contributed by atoms with E-state index in [0.717, 1.165) is 39.5 Å². The van der Waals surface area contributed by atoms with Gasteiger partial charge in [0.2, 0.25) is 5.88 Å². The van der Waals surface area contributed by atoms with E-state index in [1.807, 2.05) is 78.6 Å². The van der Waals surface area contributed by atoms with Gasteiger partial charge in [-0.2, -0.15) is 0 Å². The van der Waals surface area contributed by atoms with Gasteiger partial charge in [-0.3, -0.25) is 13.9 Å². The van der Waals surface area contributed by atoms with Crippen LogP contribution in [0.3, 0.4) is 0 Å². The van der Waals surface area contributed by atoms with Crippen LogP contribution < -0.4 is 9.47 Å². The lowest BCUT2D eigenvalue weighted by Crippen LogP contribution is -2.05. The molecule has 2 aromatic carbocycles. The smallest absolute Gasteiger partial charge is 0.306 e. The van der Waals surface area contributed by atoms with Crippen molar-refractivity contribution in [3.63, 3.8) is 0 Å². The minimum Gasteiger partial charge on any atom is -0.487 e. The highest BCUT2D eigenvalue weighted by Crippen LogP contribution is 2.23. The molecule has 0 fully saturated rings. The third kappa shape index (κ3) is 6.46. The monoisotopic (exact) mass is 524 g/mol. The number of benzene rings is 2. The Morgan fingerprint density at radius 2 is 1.69 bits per heavy atom. The first-order chi connectivity index (χ1) is 19.1. The predicted octanol–water partition coefficient (Wildman–Crippen LogP) is 5.72. The zero-order chi connectivity index (χ0) is 27.0. The number of esters is 1. The number of fused-ring (bicyclic) bond motifs is 1. The molecule has 0 aliphatic carbocycles. The zero-order valence-electron chi connectivity index (χ0n) is 22.2. The number of ether oxygens (including phenoxy) is 3. The SMILES string of the molecule is CCOC(=O)CCc1cn(Cc2ccc(OCc3cn4c(-c5ccccc5)cccc4n3)cc2)nc1OCC. The van der Waals surface area contributed by atoms with Crippen molar-refractivity contribution >= 4 is 11.6 Å². The number of rotatable bonds is 12. The van der Waals surface area contributed by atoms with Crippen LogP contribution in [0.15, 0.2) is 85.2 Å². The Labute approximate surface area is 227 Å². The Balaban J connectivity index is 1.21. The molecule has 200 valence electrons. The summed E-state index contributed by atoms with van der Waals surface area (Å²) in [5.74, 6) is 1.11. The average Bonchev–Trinajstić information content (AvgIpc) is 3.55. The molecule has 5 aromatic rings. The highest BCUT2D eigenvalue weighted by Gasteiger charge is 2.13. The molecule has 0 spiro atoms. The number of nitrogens with zero attached hydrogens (tertiary/aromatic N) is 4. The molecular formula is C31H32N4O4. The van der Waals surface area contributed by atoms with Gasteiger partial charge < -0.3 is 14.2 Å². The van der Waals surface area contributed by atoms with E-state index < -0.39 is 0 Å². The standard InChI is InChI=1S/C31H32N4O4/c1-3-37-30(36)18-15-25-20-34(33-31(25)38-4-2)19-23-13-16-27(17-14-23)39-22-26-21-35-28(11-8-12-29(35)32-26)24-9-6-5-7-10-24/h5-14,16-17,20-21H,3-4,15,18-19,22H2,1-2H3. The van der Waals surface area contributed by atoms with Gasteiger partial charge >= 0.3 is 5.97 Å². The molecule has 39 heavy (non-hydrogen) atoms. The second kappa shape index (κ2) is 12.3. The molecule has 0 saturated heterocycles. The van der Waals surface area contributed by atoms with Gasteiger partial charge in [0.05, 0.1) is 31.1 Å². The van der Waals surface area contributed by atoms with Crippen LogP contribution in [-0.4, -0.2) is 38.3 Å². The summed E-state index contributed by atoms with van der Waals surface area (Å²) in [6.45, 7) is 5.56. The molecule has 0 aliphatic rings. The first-order valence-electron chi connectivity index (χ1n) is 13.2. The van der Waals surface area contributed by atoms with E-state index >= 15 is 0 Å². The molecule has 0 bridgehead atoms. The molecule has 3 heterocycles. The fourth-order valence-electron chi connectivity index (χ4n) is 4.44. The Bertz CT molecular complexity index is 1520. The minimum absolute atomic E-state index is 0.219. The van der Waals surface area contributed by atoms with Crippen molar-refractivity contribution in [1.82, 2.24) is 19.2 Å². The lowest BCUT2D eigenvalue weighted by atomic mass is 10.1. The van der Waals surface area contributed by atoms with E-state index in [2.05, 4.69) is 27.7 Å². The van der Waals surface area contributed by atoms with Gasteiger partial charge in [-0.05, 0) is 55.7 Å². The second-order valence-corrected chi connectivity index (χ2v) is 9.07. The topological polar surface area (TPSA) is 79.9 Å². The first-order valence-corrected chi connectivity index (χ1v) is 13.2. The summed E-state index contributed by atoms with van der Waals surface area (Å²) in [6, 6.07) is 24.3. The van der Waals surface area contributed by atoms with Crippen LogP contribution in [0, 0.1) is 0 Å². The average molecular weight is 525 g/mol. The van der Waals surface area contributed by atoms with Crippen molar-refractivity contribution in [2.24, 2.45) is 0 Å². The summed E-state index contributed by atoms with van der Waals surface area (Å²) in [4.78, 5) is 16.5. The van der Waals surface area contributed by atoms with Gasteiger partial charge in [0.1, 0.15) is 18.0 Å². The maximum Gasteiger partial charge on any atom is 0.306 e. The fraction of sp³-hybridized carbons (Fsp3) is 0.258. The van der Waals surface area contributed by atoms with Gasteiger partial charge in [-0.1, -0.05) is 48.5 Å². The molecule has 0 saturated carbocycles. The van der Waals surface area contributed by atoms with E-state index in [4.69, 9.17) is 19.2 Å². The zero-order valence-corrected chi connectivity index (χ0v) is 22.2. The molecule has 0 radical (unpaired) electrons. The Morgan fingerprint density at radius 3 is 2.46 bits per heavy atom. The molecule has 8 nitrogen and oxygen atoms in total. The largest absolute Gasteiger partial charge is 0.487 e. The second-order valence-electron chi connectivity index (χ2n) is 9.07. The number of imidazole rings is 1. The summed E-state index contributed by atoms with van der Waals surface area (Å²) < 4.78 is 20.7. The van der Waals surface area contributed by atoms with Crippen molar-refractivity contribution in [3.8, 4) is 22.9 Å². The third-order valence-electron chi connectivity index (χ3n) is 6.25. The van der Waals surface area contributed by atoms with E-state index in [1.54, 1.807) is 6.92 Å². The number of hydrogen-bond acceptors (Lipinski definition) is 6. The predicted molar refractivity (Wildman–Crippen MR) is 149 cm³/mol. The van der Waals surface area contributed by atoms with Crippen molar-refractivity contribution in [1.29, 1.82) is 0 Å². The number of aromatic nitrogens is 4. The summed E-state index contributed by atoms with van der Waals surface area (Å²) in [5.41, 5.74) is 5.94. The number of carbonyl (C=O) groups is 1. The van der Waals surface area contributed by atoms with Gasteiger partial charge in [-0.15, -0.1) is 5.10 Å². The summed E-state index contributed by atoms with van der Waals surface area (Å²) >= 11 is 0. The summed E-state index contributed by atoms with van der Waals surface area (Å²) in [5, 5.41) is 4.57. The van der Waals surface area contributed by atoms with Crippen molar-refractivity contribution < 1.29 is 19.0 Å². The number of hydrogen-bond donors (Lipinski definition) is 0. The molecule has 5 rings (SSSR count). The van der Waals surface area contributed by atoms with Crippen LogP contribution in [0.25, 0.3) is 16.9 Å². The lowest BCUT2D eigenvalue weighted by Gasteiger charge is -2.06. The molecule has 0 amide bonds. The van der Waals surface area contributed by atoms with Gasteiger partial charge in [-0.25, -0.2) is 4.98 Å². The Hall–Kier alpha value is -4.59. The van der Waals surface area contributed by atoms with Crippen molar-refractivity contribution in [2.75, 3.05) is 13.2 Å². The van der Waals surface area contributed by atoms with Gasteiger partial charge in [0.25, 0.3) is 0 Å². The molecule has 0 aliphatic heterocycles. The Morgan fingerprint density at radius 1 is 0.872 bits per heavy atom. The highest BCUT2D eigenvalue weighted by molar-refractivity contribution is 5.69. The number of aryl methyl sites for hydroxylation is 1. The van der Waals surface area contributed by atoms with Gasteiger partial charge in [0, 0.05) is 24.4 Å². The van der Waals surface area contributed by atoms with Crippen LogP contribution in [0.2, 0.25) is 0 Å². The molecular weight excluding hydrogens is 492 g/mol. The van der Waals surface area contributed by atoms with Crippen molar-refractivity contribution in [3.05, 3.63) is 102 Å². The van der Waals surface area contributed by atoms with Crippen LogP contribution in [-0.2, 0) is 29.1 Å². The Kier molecular flexibility index (Phi) is 8.21. The molecule has 3 aromatic heterocycles. The van der Waals surface area contributed by atoms with Crippen LogP contribution in [0.1, 0.15) is 37.1 Å². The molecule has 0 unspecified atom stereocenters. The normalized spacial score (nSPS) is 11.0. The quantitative estimate of drug-likeness (QED) is 0.194. The lowest BCUT2D eigenvalue weighted by molar-refractivity contribution is -0.143. The first kappa shape index (κ1) is 26.0. The summed E-state index contributed by atoms with van der Waals surface area (Å²) in [7, 11) is 0. The van der Waals surface area contributed by atoms with Gasteiger partial charge in [0.15, 0.2) is 0 Å². The van der Waals surface area contributed by atoms with E-state index in [0.29, 0.717) is 45.1 Å². The molecule has 8 heteroatoms. The van der Waals surface area contributed by atoms with Crippen molar-refractivity contribution in [2.45, 2.75) is 39.8 Å².